The number of rotatable bonds is 6. The molecule has 0 fully saturated rings. The van der Waals surface area contributed by atoms with E-state index < -0.39 is 28.4 Å². The summed E-state index contributed by atoms with van der Waals surface area (Å²) < 4.78 is 43.0. The minimum atomic E-state index is -3.37. The molecule has 2 aromatic rings. The molecule has 0 aliphatic carbocycles. The number of halogens is 1. The van der Waals surface area contributed by atoms with E-state index in [1.165, 1.54) is 28.6 Å². The van der Waals surface area contributed by atoms with Crippen molar-refractivity contribution in [3.05, 3.63) is 65.0 Å². The van der Waals surface area contributed by atoms with Crippen molar-refractivity contribution in [1.82, 2.24) is 0 Å². The van der Waals surface area contributed by atoms with Gasteiger partial charge in [-0.25, -0.2) is 12.8 Å². The van der Waals surface area contributed by atoms with Crippen LogP contribution >= 0.6 is 0 Å². The van der Waals surface area contributed by atoms with Crippen LogP contribution in [-0.4, -0.2) is 39.6 Å². The van der Waals surface area contributed by atoms with Gasteiger partial charge in [0.15, 0.2) is 12.4 Å². The molecule has 8 heteroatoms. The average Bonchev–Trinajstić information content (AvgIpc) is 2.66. The van der Waals surface area contributed by atoms with Gasteiger partial charge in [0.2, 0.25) is 10.0 Å². The first-order valence-corrected chi connectivity index (χ1v) is 10.6. The maximum absolute atomic E-state index is 12.9. The summed E-state index contributed by atoms with van der Waals surface area (Å²) in [5, 5.41) is 0. The van der Waals surface area contributed by atoms with Crippen LogP contribution in [0.1, 0.15) is 27.9 Å². The average molecular weight is 405 g/mol. The SMILES string of the molecule is CS(=O)(=O)N1CCCc2cc(C(=O)COC(=O)Cc3ccc(F)cc3)ccc21. The van der Waals surface area contributed by atoms with Gasteiger partial charge in [-0.3, -0.25) is 13.9 Å². The molecular weight excluding hydrogens is 385 g/mol. The van der Waals surface area contributed by atoms with Crippen LogP contribution in [0, 0.1) is 5.82 Å². The van der Waals surface area contributed by atoms with Crippen LogP contribution in [0.4, 0.5) is 10.1 Å². The summed E-state index contributed by atoms with van der Waals surface area (Å²) in [6, 6.07) is 10.3. The fourth-order valence-corrected chi connectivity index (χ4v) is 4.13. The predicted octanol–water partition coefficient (Wildman–Crippen LogP) is 2.51. The zero-order valence-electron chi connectivity index (χ0n) is 15.4. The van der Waals surface area contributed by atoms with Gasteiger partial charge in [0.1, 0.15) is 5.82 Å². The van der Waals surface area contributed by atoms with Gasteiger partial charge in [-0.15, -0.1) is 0 Å². The Kier molecular flexibility index (Phi) is 5.79. The lowest BCUT2D eigenvalue weighted by atomic mass is 9.99. The van der Waals surface area contributed by atoms with Crippen molar-refractivity contribution >= 4 is 27.5 Å². The molecular formula is C20H20FNO5S. The summed E-state index contributed by atoms with van der Waals surface area (Å²) in [4.78, 5) is 24.2. The van der Waals surface area contributed by atoms with E-state index in [0.29, 0.717) is 36.2 Å². The fraction of sp³-hybridized carbons (Fsp3) is 0.300. The Bertz CT molecular complexity index is 1000. The second-order valence-electron chi connectivity index (χ2n) is 6.67. The third kappa shape index (κ3) is 4.75. The maximum Gasteiger partial charge on any atom is 0.310 e. The second kappa shape index (κ2) is 8.10. The Morgan fingerprint density at radius 3 is 2.54 bits per heavy atom. The topological polar surface area (TPSA) is 80.8 Å². The molecule has 0 N–H and O–H groups in total. The number of ketones is 1. The molecule has 0 unspecified atom stereocenters. The van der Waals surface area contributed by atoms with E-state index in [2.05, 4.69) is 0 Å². The third-order valence-corrected chi connectivity index (χ3v) is 5.68. The number of hydrogen-bond donors (Lipinski definition) is 0. The fourth-order valence-electron chi connectivity index (χ4n) is 3.13. The highest BCUT2D eigenvalue weighted by Gasteiger charge is 2.24. The minimum absolute atomic E-state index is 0.0545. The summed E-state index contributed by atoms with van der Waals surface area (Å²) in [5.74, 6) is -1.35. The van der Waals surface area contributed by atoms with Crippen molar-refractivity contribution in [3.8, 4) is 0 Å². The Morgan fingerprint density at radius 1 is 1.14 bits per heavy atom. The lowest BCUT2D eigenvalue weighted by Gasteiger charge is -2.29. The lowest BCUT2D eigenvalue weighted by molar-refractivity contribution is -0.141. The van der Waals surface area contributed by atoms with Crippen molar-refractivity contribution in [2.75, 3.05) is 23.7 Å². The number of carbonyl (C=O) groups excluding carboxylic acids is 2. The molecule has 0 aromatic heterocycles. The number of esters is 1. The van der Waals surface area contributed by atoms with Gasteiger partial charge in [-0.2, -0.15) is 0 Å². The van der Waals surface area contributed by atoms with Crippen molar-refractivity contribution in [1.29, 1.82) is 0 Å². The van der Waals surface area contributed by atoms with Gasteiger partial charge in [-0.1, -0.05) is 12.1 Å². The van der Waals surface area contributed by atoms with E-state index in [1.54, 1.807) is 18.2 Å². The van der Waals surface area contributed by atoms with Gasteiger partial charge in [0, 0.05) is 12.1 Å². The summed E-state index contributed by atoms with van der Waals surface area (Å²) in [5.41, 5.74) is 2.32. The molecule has 0 saturated heterocycles. The van der Waals surface area contributed by atoms with Crippen LogP contribution in [0.25, 0.3) is 0 Å². The van der Waals surface area contributed by atoms with E-state index in [4.69, 9.17) is 4.74 Å². The Labute approximate surface area is 163 Å². The second-order valence-corrected chi connectivity index (χ2v) is 8.58. The molecule has 0 bridgehead atoms. The summed E-state index contributed by atoms with van der Waals surface area (Å²) >= 11 is 0. The normalized spacial score (nSPS) is 13.7. The van der Waals surface area contributed by atoms with Crippen LogP contribution < -0.4 is 4.31 Å². The van der Waals surface area contributed by atoms with E-state index in [1.807, 2.05) is 0 Å². The maximum atomic E-state index is 12.9. The number of nitrogens with zero attached hydrogens (tertiary/aromatic N) is 1. The molecule has 0 amide bonds. The minimum Gasteiger partial charge on any atom is -0.457 e. The first kappa shape index (κ1) is 20.0. The molecule has 0 atom stereocenters. The van der Waals surface area contributed by atoms with Crippen molar-refractivity contribution < 1.29 is 27.1 Å². The number of fused-ring (bicyclic) bond motifs is 1. The number of ether oxygens (including phenoxy) is 1. The van der Waals surface area contributed by atoms with Gasteiger partial charge in [-0.05, 0) is 54.3 Å². The van der Waals surface area contributed by atoms with Crippen LogP contribution in [0.15, 0.2) is 42.5 Å². The highest BCUT2D eigenvalue weighted by Crippen LogP contribution is 2.30. The number of hydrogen-bond acceptors (Lipinski definition) is 5. The van der Waals surface area contributed by atoms with Crippen molar-refractivity contribution in [2.24, 2.45) is 0 Å². The molecule has 1 aliphatic rings. The highest BCUT2D eigenvalue weighted by molar-refractivity contribution is 7.92. The lowest BCUT2D eigenvalue weighted by Crippen LogP contribution is -2.34. The van der Waals surface area contributed by atoms with E-state index in [-0.39, 0.29) is 12.2 Å². The largest absolute Gasteiger partial charge is 0.457 e. The molecule has 3 rings (SSSR count). The van der Waals surface area contributed by atoms with Gasteiger partial charge >= 0.3 is 5.97 Å². The molecule has 0 radical (unpaired) electrons. The van der Waals surface area contributed by atoms with Gasteiger partial charge in [0.05, 0.1) is 18.4 Å². The number of Topliss-reactive ketones (excluding diaryl/α,β-unsaturated/α-hetero) is 1. The molecule has 1 heterocycles. The molecule has 0 saturated carbocycles. The van der Waals surface area contributed by atoms with Crippen LogP contribution in [-0.2, 0) is 32.4 Å². The predicted molar refractivity (Wildman–Crippen MR) is 102 cm³/mol. The van der Waals surface area contributed by atoms with Crippen molar-refractivity contribution in [3.63, 3.8) is 0 Å². The molecule has 1 aliphatic heterocycles. The molecule has 148 valence electrons. The Morgan fingerprint density at radius 2 is 1.86 bits per heavy atom. The molecule has 2 aromatic carbocycles. The first-order valence-electron chi connectivity index (χ1n) is 8.78. The number of carbonyl (C=O) groups is 2. The van der Waals surface area contributed by atoms with E-state index in [9.17, 15) is 22.4 Å². The molecule has 6 nitrogen and oxygen atoms in total. The zero-order valence-corrected chi connectivity index (χ0v) is 16.2. The van der Waals surface area contributed by atoms with E-state index in [0.717, 1.165) is 11.8 Å². The summed E-state index contributed by atoms with van der Waals surface area (Å²) in [6.45, 7) is 0.00866. The first-order chi connectivity index (χ1) is 13.2. The van der Waals surface area contributed by atoms with Gasteiger partial charge < -0.3 is 4.74 Å². The molecule has 0 spiro atoms. The van der Waals surface area contributed by atoms with Crippen LogP contribution in [0.2, 0.25) is 0 Å². The Hall–Kier alpha value is -2.74. The number of sulfonamides is 1. The standard InChI is InChI=1S/C20H20FNO5S/c1-28(25,26)22-10-2-3-15-12-16(6-9-18(15)22)19(23)13-27-20(24)11-14-4-7-17(21)8-5-14/h4-9,12H,2-3,10-11,13H2,1H3. The zero-order chi connectivity index (χ0) is 20.3. The van der Waals surface area contributed by atoms with Crippen LogP contribution in [0.3, 0.4) is 0 Å². The Balaban J connectivity index is 1.63. The quantitative estimate of drug-likeness (QED) is 0.545. The number of benzene rings is 2. The van der Waals surface area contributed by atoms with E-state index >= 15 is 0 Å². The number of aryl methyl sites for hydroxylation is 1. The van der Waals surface area contributed by atoms with Crippen molar-refractivity contribution in [2.45, 2.75) is 19.3 Å². The van der Waals surface area contributed by atoms with Gasteiger partial charge in [0.25, 0.3) is 0 Å². The number of anilines is 1. The summed E-state index contributed by atoms with van der Waals surface area (Å²) in [6.07, 6.45) is 2.44. The van der Waals surface area contributed by atoms with Crippen LogP contribution in [0.5, 0.6) is 0 Å². The summed E-state index contributed by atoms with van der Waals surface area (Å²) in [7, 11) is -3.37. The highest BCUT2D eigenvalue weighted by atomic mass is 32.2. The monoisotopic (exact) mass is 405 g/mol. The third-order valence-electron chi connectivity index (χ3n) is 4.50. The molecule has 28 heavy (non-hydrogen) atoms. The smallest absolute Gasteiger partial charge is 0.310 e.